The fourth-order valence-corrected chi connectivity index (χ4v) is 4.19. The number of rotatable bonds is 9. The maximum atomic E-state index is 2.55. The van der Waals surface area contributed by atoms with E-state index in [1.807, 2.05) is 0 Å². The second kappa shape index (κ2) is 11.1. The highest BCUT2D eigenvalue weighted by Crippen LogP contribution is 2.33. The molecule has 2 aliphatic rings. The summed E-state index contributed by atoms with van der Waals surface area (Å²) in [6, 6.07) is 0. The summed E-state index contributed by atoms with van der Waals surface area (Å²) >= 11 is 0. The van der Waals surface area contributed by atoms with Crippen molar-refractivity contribution in [2.24, 2.45) is 11.8 Å². The lowest BCUT2D eigenvalue weighted by Crippen LogP contribution is -2.24. The molecule has 1 saturated carbocycles. The smallest absolute Gasteiger partial charge is 0.0172 e. The van der Waals surface area contributed by atoms with Crippen LogP contribution in [0.15, 0.2) is 12.3 Å². The van der Waals surface area contributed by atoms with Gasteiger partial charge in [0.25, 0.3) is 0 Å². The molecule has 0 aromatic heterocycles. The number of allylic oxidation sites excluding steroid dienone is 1. The van der Waals surface area contributed by atoms with Crippen LogP contribution >= 0.6 is 0 Å². The summed E-state index contributed by atoms with van der Waals surface area (Å²) in [4.78, 5) is 2.55. The Morgan fingerprint density at radius 2 is 1.50 bits per heavy atom. The maximum Gasteiger partial charge on any atom is 0.0172 e. The van der Waals surface area contributed by atoms with Crippen LogP contribution in [0.3, 0.4) is 0 Å². The zero-order chi connectivity index (χ0) is 15.5. The Hall–Kier alpha value is -0.460. The lowest BCUT2D eigenvalue weighted by atomic mass is 9.79. The van der Waals surface area contributed by atoms with E-state index in [0.717, 1.165) is 11.8 Å². The van der Waals surface area contributed by atoms with Gasteiger partial charge in [-0.2, -0.15) is 0 Å². The van der Waals surface area contributed by atoms with Crippen LogP contribution in [0.1, 0.15) is 96.8 Å². The Kier molecular flexibility index (Phi) is 9.05. The van der Waals surface area contributed by atoms with Crippen molar-refractivity contribution in [1.82, 2.24) is 4.90 Å². The molecule has 2 rings (SSSR count). The molecule has 22 heavy (non-hydrogen) atoms. The van der Waals surface area contributed by atoms with Crippen LogP contribution in [0.5, 0.6) is 0 Å². The molecular formula is C21H39N. The topological polar surface area (TPSA) is 3.24 Å². The lowest BCUT2D eigenvalue weighted by molar-refractivity contribution is 0.279. The molecule has 0 spiro atoms. The minimum Gasteiger partial charge on any atom is -0.378 e. The van der Waals surface area contributed by atoms with Crippen LogP contribution in [0.4, 0.5) is 0 Å². The number of hydrogen-bond donors (Lipinski definition) is 0. The largest absolute Gasteiger partial charge is 0.378 e. The summed E-state index contributed by atoms with van der Waals surface area (Å²) in [5.74, 6) is 1.92. The molecular weight excluding hydrogens is 266 g/mol. The van der Waals surface area contributed by atoms with E-state index in [4.69, 9.17) is 0 Å². The predicted octanol–water partition coefficient (Wildman–Crippen LogP) is 6.54. The maximum absolute atomic E-state index is 2.55. The molecule has 0 amide bonds. The zero-order valence-electron chi connectivity index (χ0n) is 15.1. The molecule has 0 atom stereocenters. The molecule has 2 fully saturated rings. The molecule has 1 aliphatic heterocycles. The highest BCUT2D eigenvalue weighted by atomic mass is 15.1. The average Bonchev–Trinajstić information content (AvgIpc) is 2.58. The standard InChI is InChI=1S/C21H39N/c1-2-3-4-5-6-8-11-20-12-14-21(15-13-20)16-19-22-17-9-7-10-18-22/h16,19-21H,2-15,17-18H2,1H3/b19-16+/t20-,21-. The van der Waals surface area contributed by atoms with Crippen LogP contribution in [-0.2, 0) is 0 Å². The van der Waals surface area contributed by atoms with E-state index >= 15 is 0 Å². The number of likely N-dealkylation sites (tertiary alicyclic amines) is 1. The Labute approximate surface area is 139 Å². The first-order chi connectivity index (χ1) is 10.9. The first-order valence-electron chi connectivity index (χ1n) is 10.3. The van der Waals surface area contributed by atoms with Crippen molar-refractivity contribution < 1.29 is 0 Å². The van der Waals surface area contributed by atoms with Gasteiger partial charge in [0.2, 0.25) is 0 Å². The van der Waals surface area contributed by atoms with Gasteiger partial charge in [-0.3, -0.25) is 0 Å². The van der Waals surface area contributed by atoms with Crippen LogP contribution in [0.2, 0.25) is 0 Å². The highest BCUT2D eigenvalue weighted by molar-refractivity contribution is 4.91. The second-order valence-electron chi connectivity index (χ2n) is 7.78. The summed E-state index contributed by atoms with van der Waals surface area (Å²) in [6.45, 7) is 4.89. The van der Waals surface area contributed by atoms with Crippen LogP contribution in [0, 0.1) is 11.8 Å². The van der Waals surface area contributed by atoms with Crippen molar-refractivity contribution in [2.75, 3.05) is 13.1 Å². The van der Waals surface area contributed by atoms with Gasteiger partial charge in [-0.15, -0.1) is 0 Å². The third-order valence-electron chi connectivity index (χ3n) is 5.82. The predicted molar refractivity (Wildman–Crippen MR) is 98.0 cm³/mol. The van der Waals surface area contributed by atoms with Gasteiger partial charge in [-0.1, -0.05) is 57.9 Å². The fourth-order valence-electron chi connectivity index (χ4n) is 4.19. The van der Waals surface area contributed by atoms with Crippen molar-refractivity contribution in [3.63, 3.8) is 0 Å². The molecule has 0 aromatic carbocycles. The third kappa shape index (κ3) is 7.20. The van der Waals surface area contributed by atoms with Gasteiger partial charge in [0, 0.05) is 13.1 Å². The Balaban J connectivity index is 1.51. The highest BCUT2D eigenvalue weighted by Gasteiger charge is 2.19. The van der Waals surface area contributed by atoms with Crippen molar-refractivity contribution in [1.29, 1.82) is 0 Å². The van der Waals surface area contributed by atoms with Crippen molar-refractivity contribution in [2.45, 2.75) is 96.8 Å². The molecule has 128 valence electrons. The van der Waals surface area contributed by atoms with Crippen molar-refractivity contribution in [3.8, 4) is 0 Å². The Morgan fingerprint density at radius 3 is 2.23 bits per heavy atom. The molecule has 1 heteroatoms. The first kappa shape index (κ1) is 17.9. The van der Waals surface area contributed by atoms with E-state index in [1.165, 1.54) is 103 Å². The van der Waals surface area contributed by atoms with Gasteiger partial charge >= 0.3 is 0 Å². The summed E-state index contributed by atoms with van der Waals surface area (Å²) in [7, 11) is 0. The summed E-state index contributed by atoms with van der Waals surface area (Å²) < 4.78 is 0. The van der Waals surface area contributed by atoms with Gasteiger partial charge in [0.1, 0.15) is 0 Å². The Morgan fingerprint density at radius 1 is 0.818 bits per heavy atom. The minimum absolute atomic E-state index is 0.878. The number of hydrogen-bond acceptors (Lipinski definition) is 1. The molecule has 0 N–H and O–H groups in total. The first-order valence-corrected chi connectivity index (χ1v) is 10.3. The molecule has 1 aliphatic carbocycles. The van der Waals surface area contributed by atoms with Crippen molar-refractivity contribution in [3.05, 3.63) is 12.3 Å². The molecule has 0 bridgehead atoms. The van der Waals surface area contributed by atoms with E-state index in [-0.39, 0.29) is 0 Å². The normalized spacial score (nSPS) is 26.7. The number of nitrogens with zero attached hydrogens (tertiary/aromatic N) is 1. The van der Waals surface area contributed by atoms with Gasteiger partial charge < -0.3 is 4.90 Å². The minimum atomic E-state index is 0.878. The monoisotopic (exact) mass is 305 g/mol. The molecule has 0 aromatic rings. The third-order valence-corrected chi connectivity index (χ3v) is 5.82. The number of unbranched alkanes of at least 4 members (excludes halogenated alkanes) is 5. The van der Waals surface area contributed by atoms with E-state index in [1.54, 1.807) is 0 Å². The van der Waals surface area contributed by atoms with Gasteiger partial charge in [-0.25, -0.2) is 0 Å². The molecule has 1 heterocycles. The van der Waals surface area contributed by atoms with Gasteiger partial charge in [-0.05, 0) is 63.0 Å². The second-order valence-corrected chi connectivity index (χ2v) is 7.78. The lowest BCUT2D eigenvalue weighted by Gasteiger charge is -2.29. The molecule has 0 unspecified atom stereocenters. The summed E-state index contributed by atoms with van der Waals surface area (Å²) in [5, 5.41) is 0. The quantitative estimate of drug-likeness (QED) is 0.437. The molecule has 1 saturated heterocycles. The number of piperidine rings is 1. The van der Waals surface area contributed by atoms with E-state index in [9.17, 15) is 0 Å². The molecule has 1 nitrogen and oxygen atoms in total. The fraction of sp³-hybridized carbons (Fsp3) is 0.905. The van der Waals surface area contributed by atoms with Gasteiger partial charge in [0.05, 0.1) is 0 Å². The zero-order valence-corrected chi connectivity index (χ0v) is 15.1. The van der Waals surface area contributed by atoms with E-state index < -0.39 is 0 Å². The van der Waals surface area contributed by atoms with Crippen LogP contribution in [-0.4, -0.2) is 18.0 Å². The Bertz CT molecular complexity index is 282. The van der Waals surface area contributed by atoms with Crippen molar-refractivity contribution >= 4 is 0 Å². The molecule has 0 radical (unpaired) electrons. The average molecular weight is 306 g/mol. The summed E-state index contributed by atoms with van der Waals surface area (Å²) in [6.07, 6.45) is 25.3. The van der Waals surface area contributed by atoms with E-state index in [2.05, 4.69) is 24.1 Å². The van der Waals surface area contributed by atoms with Crippen LogP contribution in [0.25, 0.3) is 0 Å². The van der Waals surface area contributed by atoms with E-state index in [0.29, 0.717) is 0 Å². The van der Waals surface area contributed by atoms with Gasteiger partial charge in [0.15, 0.2) is 0 Å². The SMILES string of the molecule is CCCCCCCC[C@H]1CC[C@H](/C=C/N2CCCCC2)CC1. The van der Waals surface area contributed by atoms with Crippen LogP contribution < -0.4 is 0 Å². The summed E-state index contributed by atoms with van der Waals surface area (Å²) in [5.41, 5.74) is 0.